The number of hydrogen-bond acceptors (Lipinski definition) is 7. The Kier molecular flexibility index (Phi) is 10.8. The number of carbonyl (C=O) groups excluding carboxylic acids is 1. The summed E-state index contributed by atoms with van der Waals surface area (Å²) in [5.41, 5.74) is 0.398. The number of piperazine rings is 1. The Hall–Kier alpha value is -1.48. The van der Waals surface area contributed by atoms with E-state index in [2.05, 4.69) is 42.5 Å². The molecule has 1 saturated heterocycles. The zero-order chi connectivity index (χ0) is 21.9. The fourth-order valence-electron chi connectivity index (χ4n) is 3.61. The van der Waals surface area contributed by atoms with Crippen molar-refractivity contribution in [2.75, 3.05) is 59.0 Å². The molecule has 8 heteroatoms. The minimum atomic E-state index is -0.454. The van der Waals surface area contributed by atoms with Crippen LogP contribution in [0.3, 0.4) is 0 Å². The number of carbonyl (C=O) groups is 1. The fourth-order valence-corrected chi connectivity index (χ4v) is 3.61. The predicted octanol–water partition coefficient (Wildman–Crippen LogP) is 2.09. The van der Waals surface area contributed by atoms with E-state index in [-0.39, 0.29) is 5.91 Å². The first-order chi connectivity index (χ1) is 14.4. The van der Waals surface area contributed by atoms with E-state index in [4.69, 9.17) is 9.15 Å². The second-order valence-corrected chi connectivity index (χ2v) is 8.58. The summed E-state index contributed by atoms with van der Waals surface area (Å²) < 4.78 is 11.1. The van der Waals surface area contributed by atoms with Crippen molar-refractivity contribution < 1.29 is 19.1 Å². The van der Waals surface area contributed by atoms with Crippen LogP contribution in [0, 0.1) is 5.92 Å². The minimum absolute atomic E-state index is 0.0489. The maximum Gasteiger partial charge on any atom is 0.275 e. The Morgan fingerprint density at radius 3 is 2.40 bits per heavy atom. The topological polar surface area (TPSA) is 82.3 Å². The number of aliphatic hydroxyl groups is 1. The normalized spacial score (nSPS) is 16.9. The van der Waals surface area contributed by atoms with Crippen LogP contribution >= 0.6 is 0 Å². The molecule has 1 aromatic rings. The van der Waals surface area contributed by atoms with Gasteiger partial charge >= 0.3 is 0 Å². The molecule has 30 heavy (non-hydrogen) atoms. The largest absolute Gasteiger partial charge is 0.447 e. The summed E-state index contributed by atoms with van der Waals surface area (Å²) >= 11 is 0. The van der Waals surface area contributed by atoms with Crippen LogP contribution < -0.4 is 0 Å². The molecule has 1 aliphatic heterocycles. The third-order valence-electron chi connectivity index (χ3n) is 5.10. The molecule has 1 aromatic heterocycles. The lowest BCUT2D eigenvalue weighted by Gasteiger charge is -2.34. The first-order valence-electron chi connectivity index (χ1n) is 11.4. The number of β-amino-alcohol motifs (C(OH)–C–C–N with tert-alkyl or cyclic N) is 1. The van der Waals surface area contributed by atoms with Crippen LogP contribution in [0.2, 0.25) is 0 Å². The van der Waals surface area contributed by atoms with E-state index >= 15 is 0 Å². The molecule has 0 spiro atoms. The van der Waals surface area contributed by atoms with Gasteiger partial charge in [0.1, 0.15) is 6.26 Å². The molecule has 1 amide bonds. The van der Waals surface area contributed by atoms with Crippen molar-refractivity contribution in [2.24, 2.45) is 5.92 Å². The van der Waals surface area contributed by atoms with Gasteiger partial charge in [0.25, 0.3) is 5.91 Å². The van der Waals surface area contributed by atoms with Gasteiger partial charge < -0.3 is 19.2 Å². The highest BCUT2D eigenvalue weighted by Crippen LogP contribution is 2.12. The van der Waals surface area contributed by atoms with E-state index in [1.807, 2.05) is 4.90 Å². The summed E-state index contributed by atoms with van der Waals surface area (Å²) in [7, 11) is 0. The summed E-state index contributed by atoms with van der Waals surface area (Å²) in [6.45, 7) is 15.7. The van der Waals surface area contributed by atoms with Gasteiger partial charge in [-0.05, 0) is 18.8 Å². The number of amides is 1. The average molecular weight is 425 g/mol. The second-order valence-electron chi connectivity index (χ2n) is 8.58. The van der Waals surface area contributed by atoms with Crippen LogP contribution in [0.5, 0.6) is 0 Å². The van der Waals surface area contributed by atoms with E-state index in [1.165, 1.54) is 6.26 Å². The third-order valence-corrected chi connectivity index (χ3v) is 5.10. The van der Waals surface area contributed by atoms with Crippen LogP contribution in [0.1, 0.15) is 56.9 Å². The SMILES string of the molecule is CCCN(CCC)C(=O)c1coc(CN2CCN(C[C@@H](O)COCC(C)C)CC2)n1. The molecule has 0 radical (unpaired) electrons. The first-order valence-corrected chi connectivity index (χ1v) is 11.4. The monoisotopic (exact) mass is 424 g/mol. The van der Waals surface area contributed by atoms with Crippen LogP contribution in [0.25, 0.3) is 0 Å². The van der Waals surface area contributed by atoms with Crippen LogP contribution in [-0.4, -0.2) is 95.8 Å². The van der Waals surface area contributed by atoms with E-state index < -0.39 is 6.10 Å². The molecule has 1 aliphatic rings. The van der Waals surface area contributed by atoms with Crippen molar-refractivity contribution in [3.8, 4) is 0 Å². The summed E-state index contributed by atoms with van der Waals surface area (Å²) in [6, 6.07) is 0. The highest BCUT2D eigenvalue weighted by molar-refractivity contribution is 5.91. The summed E-state index contributed by atoms with van der Waals surface area (Å²) in [5, 5.41) is 10.2. The van der Waals surface area contributed by atoms with Gasteiger partial charge in [-0.3, -0.25) is 14.6 Å². The number of rotatable bonds is 13. The van der Waals surface area contributed by atoms with Crippen molar-refractivity contribution in [2.45, 2.75) is 53.2 Å². The van der Waals surface area contributed by atoms with Crippen LogP contribution in [0.4, 0.5) is 0 Å². The van der Waals surface area contributed by atoms with Crippen molar-refractivity contribution in [3.63, 3.8) is 0 Å². The summed E-state index contributed by atoms with van der Waals surface area (Å²) in [6.07, 6.45) is 2.89. The molecule has 1 fully saturated rings. The van der Waals surface area contributed by atoms with E-state index in [9.17, 15) is 9.90 Å². The lowest BCUT2D eigenvalue weighted by molar-refractivity contribution is -0.000850. The van der Waals surface area contributed by atoms with Gasteiger partial charge in [0.05, 0.1) is 19.3 Å². The molecular formula is C22H40N4O4. The molecule has 0 bridgehead atoms. The molecule has 0 unspecified atom stereocenters. The van der Waals surface area contributed by atoms with E-state index in [1.54, 1.807) is 0 Å². The number of aromatic nitrogens is 1. The van der Waals surface area contributed by atoms with Gasteiger partial charge in [-0.25, -0.2) is 4.98 Å². The standard InChI is InChI=1S/C22H40N4O4/c1-5-7-26(8-6-2)22(28)20-17-30-21(23-20)14-25-11-9-24(10-12-25)13-19(27)16-29-15-18(3)4/h17-19,27H,5-16H2,1-4H3/t19-/m1/s1. The Labute approximate surface area is 181 Å². The van der Waals surface area contributed by atoms with Crippen molar-refractivity contribution in [1.82, 2.24) is 19.7 Å². The Balaban J connectivity index is 1.74. The first kappa shape index (κ1) is 24.8. The fraction of sp³-hybridized carbons (Fsp3) is 0.818. The molecule has 0 saturated carbocycles. The lowest BCUT2D eigenvalue weighted by Crippen LogP contribution is -2.48. The number of hydrogen-bond donors (Lipinski definition) is 1. The maximum absolute atomic E-state index is 12.6. The van der Waals surface area contributed by atoms with Gasteiger partial charge in [0.2, 0.25) is 5.89 Å². The van der Waals surface area contributed by atoms with Crippen molar-refractivity contribution in [3.05, 3.63) is 17.8 Å². The molecule has 8 nitrogen and oxygen atoms in total. The molecule has 0 aromatic carbocycles. The maximum atomic E-state index is 12.6. The average Bonchev–Trinajstić information content (AvgIpc) is 3.17. The van der Waals surface area contributed by atoms with E-state index in [0.717, 1.165) is 52.1 Å². The van der Waals surface area contributed by atoms with Gasteiger partial charge in [-0.2, -0.15) is 0 Å². The van der Waals surface area contributed by atoms with Gasteiger partial charge in [-0.15, -0.1) is 0 Å². The predicted molar refractivity (Wildman–Crippen MR) is 116 cm³/mol. The zero-order valence-corrected chi connectivity index (χ0v) is 19.2. The molecule has 1 N–H and O–H groups in total. The summed E-state index contributed by atoms with van der Waals surface area (Å²) in [4.78, 5) is 23.5. The smallest absolute Gasteiger partial charge is 0.275 e. The number of oxazole rings is 1. The van der Waals surface area contributed by atoms with Crippen molar-refractivity contribution in [1.29, 1.82) is 0 Å². The number of ether oxygens (including phenoxy) is 1. The lowest BCUT2D eigenvalue weighted by atomic mass is 10.2. The van der Waals surface area contributed by atoms with E-state index in [0.29, 0.717) is 43.8 Å². The Bertz CT molecular complexity index is 608. The summed E-state index contributed by atoms with van der Waals surface area (Å²) in [5.74, 6) is 1.02. The highest BCUT2D eigenvalue weighted by atomic mass is 16.5. The zero-order valence-electron chi connectivity index (χ0n) is 19.2. The highest BCUT2D eigenvalue weighted by Gasteiger charge is 2.23. The molecule has 2 rings (SSSR count). The van der Waals surface area contributed by atoms with Crippen molar-refractivity contribution >= 4 is 5.91 Å². The molecule has 172 valence electrons. The second kappa shape index (κ2) is 13.0. The number of nitrogens with zero attached hydrogens (tertiary/aromatic N) is 4. The Morgan fingerprint density at radius 2 is 1.80 bits per heavy atom. The molecule has 1 atom stereocenters. The van der Waals surface area contributed by atoms with Crippen LogP contribution in [0.15, 0.2) is 10.7 Å². The molecule has 2 heterocycles. The van der Waals surface area contributed by atoms with Gasteiger partial charge in [0, 0.05) is 52.4 Å². The quantitative estimate of drug-likeness (QED) is 0.519. The van der Waals surface area contributed by atoms with Crippen LogP contribution in [-0.2, 0) is 11.3 Å². The minimum Gasteiger partial charge on any atom is -0.447 e. The van der Waals surface area contributed by atoms with Gasteiger partial charge in [-0.1, -0.05) is 27.7 Å². The Morgan fingerprint density at radius 1 is 1.17 bits per heavy atom. The molecular weight excluding hydrogens is 384 g/mol. The molecule has 0 aliphatic carbocycles. The number of aliphatic hydroxyl groups excluding tert-OH is 1. The third kappa shape index (κ3) is 8.34. The van der Waals surface area contributed by atoms with Gasteiger partial charge in [0.15, 0.2) is 5.69 Å².